The number of hydrogen-bond acceptors (Lipinski definition) is 3. The highest BCUT2D eigenvalue weighted by Gasteiger charge is 2.21. The molecule has 1 unspecified atom stereocenters. The summed E-state index contributed by atoms with van der Waals surface area (Å²) in [5.41, 5.74) is 1.23. The Bertz CT molecular complexity index is 425. The Kier molecular flexibility index (Phi) is 6.33. The first-order valence-corrected chi connectivity index (χ1v) is 8.18. The van der Waals surface area contributed by atoms with Crippen molar-refractivity contribution >= 4 is 15.9 Å². The van der Waals surface area contributed by atoms with E-state index in [0.717, 1.165) is 42.9 Å². The quantitative estimate of drug-likeness (QED) is 0.784. The fourth-order valence-electron chi connectivity index (χ4n) is 2.69. The number of likely N-dealkylation sites (tertiary alicyclic amines) is 1. The number of piperidine rings is 1. The third-order valence-corrected chi connectivity index (χ3v) is 4.15. The van der Waals surface area contributed by atoms with Gasteiger partial charge in [-0.3, -0.25) is 4.90 Å². The summed E-state index contributed by atoms with van der Waals surface area (Å²) in [6.45, 7) is 6.12. The van der Waals surface area contributed by atoms with Crippen molar-refractivity contribution < 1.29 is 9.47 Å². The Balaban J connectivity index is 1.97. The van der Waals surface area contributed by atoms with Gasteiger partial charge < -0.3 is 9.47 Å². The molecule has 112 valence electrons. The molecule has 1 aliphatic rings. The Hall–Kier alpha value is -0.580. The van der Waals surface area contributed by atoms with E-state index in [1.807, 2.05) is 12.1 Å². The smallest absolute Gasteiger partial charge is 0.123 e. The molecule has 0 spiro atoms. The number of benzene rings is 1. The molecule has 20 heavy (non-hydrogen) atoms. The van der Waals surface area contributed by atoms with E-state index in [1.165, 1.54) is 18.4 Å². The summed E-state index contributed by atoms with van der Waals surface area (Å²) in [6.07, 6.45) is 3.88. The summed E-state index contributed by atoms with van der Waals surface area (Å²) in [5, 5.41) is 0. The molecule has 0 radical (unpaired) electrons. The fourth-order valence-corrected chi connectivity index (χ4v) is 3.10. The molecule has 0 aromatic heterocycles. The second-order valence-corrected chi connectivity index (χ2v) is 6.24. The van der Waals surface area contributed by atoms with Gasteiger partial charge in [-0.1, -0.05) is 22.9 Å². The van der Waals surface area contributed by atoms with Crippen LogP contribution < -0.4 is 4.74 Å². The summed E-state index contributed by atoms with van der Waals surface area (Å²) >= 11 is 3.54. The minimum atomic E-state index is 0.391. The van der Waals surface area contributed by atoms with E-state index >= 15 is 0 Å². The van der Waals surface area contributed by atoms with Gasteiger partial charge >= 0.3 is 0 Å². The lowest BCUT2D eigenvalue weighted by Gasteiger charge is -2.33. The van der Waals surface area contributed by atoms with Crippen molar-refractivity contribution in [1.82, 2.24) is 4.90 Å². The van der Waals surface area contributed by atoms with Crippen LogP contribution in [-0.2, 0) is 11.3 Å². The van der Waals surface area contributed by atoms with Gasteiger partial charge in [-0.2, -0.15) is 0 Å². The highest BCUT2D eigenvalue weighted by molar-refractivity contribution is 9.10. The Labute approximate surface area is 130 Å². The van der Waals surface area contributed by atoms with Crippen molar-refractivity contribution in [3.63, 3.8) is 0 Å². The summed E-state index contributed by atoms with van der Waals surface area (Å²) in [5.74, 6) is 0.963. The molecule has 1 heterocycles. The lowest BCUT2D eigenvalue weighted by Crippen LogP contribution is -2.39. The monoisotopic (exact) mass is 341 g/mol. The van der Waals surface area contributed by atoms with Gasteiger partial charge in [0.1, 0.15) is 5.75 Å². The number of hydrogen-bond donors (Lipinski definition) is 0. The number of ether oxygens (including phenoxy) is 2. The van der Waals surface area contributed by atoms with E-state index in [0.29, 0.717) is 6.10 Å². The molecular weight excluding hydrogens is 318 g/mol. The van der Waals surface area contributed by atoms with Gasteiger partial charge in [0.15, 0.2) is 0 Å². The predicted molar refractivity (Wildman–Crippen MR) is 85.2 cm³/mol. The molecule has 0 N–H and O–H groups in total. The van der Waals surface area contributed by atoms with Crippen molar-refractivity contribution in [2.45, 2.75) is 38.8 Å². The van der Waals surface area contributed by atoms with E-state index in [-0.39, 0.29) is 0 Å². The van der Waals surface area contributed by atoms with Gasteiger partial charge in [-0.15, -0.1) is 0 Å². The van der Waals surface area contributed by atoms with E-state index in [2.05, 4.69) is 33.8 Å². The van der Waals surface area contributed by atoms with E-state index in [4.69, 9.17) is 9.47 Å². The Morgan fingerprint density at radius 3 is 3.00 bits per heavy atom. The minimum absolute atomic E-state index is 0.391. The van der Waals surface area contributed by atoms with E-state index in [9.17, 15) is 0 Å². The number of rotatable bonds is 6. The maximum Gasteiger partial charge on any atom is 0.123 e. The number of nitrogens with zero attached hydrogens (tertiary/aromatic N) is 1. The van der Waals surface area contributed by atoms with Crippen LogP contribution in [-0.4, -0.2) is 37.8 Å². The van der Waals surface area contributed by atoms with Crippen LogP contribution in [0.1, 0.15) is 31.7 Å². The SMILES string of the molecule is CCCOC1CCCN(Cc2cc(Br)ccc2OC)C1. The molecule has 0 bridgehead atoms. The molecule has 4 heteroatoms. The molecule has 1 fully saturated rings. The van der Waals surface area contributed by atoms with Crippen LogP contribution in [0.4, 0.5) is 0 Å². The van der Waals surface area contributed by atoms with Gasteiger partial charge in [-0.25, -0.2) is 0 Å². The summed E-state index contributed by atoms with van der Waals surface area (Å²) < 4.78 is 12.5. The van der Waals surface area contributed by atoms with Crippen LogP contribution in [0.3, 0.4) is 0 Å². The second-order valence-electron chi connectivity index (χ2n) is 5.33. The zero-order chi connectivity index (χ0) is 14.4. The average Bonchev–Trinajstić information content (AvgIpc) is 2.46. The highest BCUT2D eigenvalue weighted by Crippen LogP contribution is 2.25. The van der Waals surface area contributed by atoms with Crippen molar-refractivity contribution in [1.29, 1.82) is 0 Å². The zero-order valence-electron chi connectivity index (χ0n) is 12.4. The Morgan fingerprint density at radius 1 is 1.40 bits per heavy atom. The van der Waals surface area contributed by atoms with Crippen molar-refractivity contribution in [2.75, 3.05) is 26.8 Å². The van der Waals surface area contributed by atoms with Crippen LogP contribution in [0.15, 0.2) is 22.7 Å². The molecule has 0 amide bonds. The standard InChI is InChI=1S/C16H24BrNO2/c1-3-9-20-15-5-4-8-18(12-15)11-13-10-14(17)6-7-16(13)19-2/h6-7,10,15H,3-5,8-9,11-12H2,1-2H3. The van der Waals surface area contributed by atoms with E-state index < -0.39 is 0 Å². The minimum Gasteiger partial charge on any atom is -0.496 e. The first-order chi connectivity index (χ1) is 9.72. The molecule has 2 rings (SSSR count). The third-order valence-electron chi connectivity index (χ3n) is 3.66. The first-order valence-electron chi connectivity index (χ1n) is 7.39. The van der Waals surface area contributed by atoms with Crippen molar-refractivity contribution in [3.05, 3.63) is 28.2 Å². The number of methoxy groups -OCH3 is 1. The summed E-state index contributed by atoms with van der Waals surface area (Å²) in [7, 11) is 1.73. The highest BCUT2D eigenvalue weighted by atomic mass is 79.9. The van der Waals surface area contributed by atoms with Crippen LogP contribution in [0.5, 0.6) is 5.75 Å². The lowest BCUT2D eigenvalue weighted by atomic mass is 10.1. The molecule has 1 aromatic rings. The van der Waals surface area contributed by atoms with Crippen molar-refractivity contribution in [2.24, 2.45) is 0 Å². The molecular formula is C16H24BrNO2. The predicted octanol–water partition coefficient (Wildman–Crippen LogP) is 3.85. The molecule has 0 saturated carbocycles. The Morgan fingerprint density at radius 2 is 2.25 bits per heavy atom. The molecule has 0 aliphatic carbocycles. The summed E-state index contributed by atoms with van der Waals surface area (Å²) in [4.78, 5) is 2.47. The molecule has 1 aromatic carbocycles. The fraction of sp³-hybridized carbons (Fsp3) is 0.625. The maximum atomic E-state index is 5.90. The van der Waals surface area contributed by atoms with Crippen LogP contribution in [0.2, 0.25) is 0 Å². The maximum absolute atomic E-state index is 5.90. The van der Waals surface area contributed by atoms with Gasteiger partial charge in [0.05, 0.1) is 13.2 Å². The van der Waals surface area contributed by atoms with Gasteiger partial charge in [-0.05, 0) is 44.0 Å². The lowest BCUT2D eigenvalue weighted by molar-refractivity contribution is -0.00238. The third kappa shape index (κ3) is 4.47. The van der Waals surface area contributed by atoms with Gasteiger partial charge in [0, 0.05) is 29.7 Å². The molecule has 3 nitrogen and oxygen atoms in total. The second kappa shape index (κ2) is 8.01. The largest absolute Gasteiger partial charge is 0.496 e. The molecule has 1 saturated heterocycles. The van der Waals surface area contributed by atoms with Crippen molar-refractivity contribution in [3.8, 4) is 5.75 Å². The molecule has 1 aliphatic heterocycles. The van der Waals surface area contributed by atoms with Crippen LogP contribution in [0.25, 0.3) is 0 Å². The van der Waals surface area contributed by atoms with Crippen LogP contribution >= 0.6 is 15.9 Å². The average molecular weight is 342 g/mol. The summed E-state index contributed by atoms with van der Waals surface area (Å²) in [6, 6.07) is 6.19. The number of halogens is 1. The van der Waals surface area contributed by atoms with Gasteiger partial charge in [0.2, 0.25) is 0 Å². The van der Waals surface area contributed by atoms with Gasteiger partial charge in [0.25, 0.3) is 0 Å². The topological polar surface area (TPSA) is 21.7 Å². The zero-order valence-corrected chi connectivity index (χ0v) is 14.0. The first kappa shape index (κ1) is 15.8. The van der Waals surface area contributed by atoms with Crippen LogP contribution in [0, 0.1) is 0 Å². The normalized spacial score (nSPS) is 20.1. The molecule has 1 atom stereocenters. The van der Waals surface area contributed by atoms with E-state index in [1.54, 1.807) is 7.11 Å².